The van der Waals surface area contributed by atoms with Crippen LogP contribution in [0.4, 0.5) is 10.3 Å². The van der Waals surface area contributed by atoms with Gasteiger partial charge in [0.25, 0.3) is 0 Å². The number of halogens is 1. The molecule has 5 heteroatoms. The molecule has 0 saturated carbocycles. The lowest BCUT2D eigenvalue weighted by Gasteiger charge is -2.07. The number of nitrogens with zero attached hydrogens (tertiary/aromatic N) is 3. The van der Waals surface area contributed by atoms with Gasteiger partial charge in [-0.2, -0.15) is 0 Å². The van der Waals surface area contributed by atoms with Crippen molar-refractivity contribution in [1.82, 2.24) is 14.5 Å². The van der Waals surface area contributed by atoms with E-state index in [1.54, 1.807) is 29.8 Å². The third-order valence-corrected chi connectivity index (χ3v) is 3.07. The summed E-state index contributed by atoms with van der Waals surface area (Å²) < 4.78 is 15.3. The highest BCUT2D eigenvalue weighted by Crippen LogP contribution is 2.23. The summed E-state index contributed by atoms with van der Waals surface area (Å²) >= 11 is 0. The van der Waals surface area contributed by atoms with Crippen LogP contribution in [-0.2, 0) is 0 Å². The van der Waals surface area contributed by atoms with Crippen molar-refractivity contribution in [2.75, 3.05) is 5.73 Å². The molecule has 2 aromatic heterocycles. The molecular weight excluding hydrogens is 243 g/mol. The van der Waals surface area contributed by atoms with Gasteiger partial charge in [-0.15, -0.1) is 0 Å². The van der Waals surface area contributed by atoms with Gasteiger partial charge in [-0.05, 0) is 43.2 Å². The summed E-state index contributed by atoms with van der Waals surface area (Å²) in [6, 6.07) is 6.86. The van der Waals surface area contributed by atoms with Gasteiger partial charge >= 0.3 is 0 Å². The van der Waals surface area contributed by atoms with E-state index in [0.717, 1.165) is 5.56 Å². The summed E-state index contributed by atoms with van der Waals surface area (Å²) in [6.07, 6.45) is 1.74. The minimum Gasteiger partial charge on any atom is -0.369 e. The van der Waals surface area contributed by atoms with E-state index in [1.807, 2.05) is 13.0 Å². The third kappa shape index (κ3) is 1.83. The molecule has 1 aromatic carbocycles. The molecule has 0 unspecified atom stereocenters. The van der Waals surface area contributed by atoms with Crippen LogP contribution >= 0.6 is 0 Å². The SMILES string of the molecule is Cc1cnc2c(c1)nc(N)n2-c1ccc(C)c(F)c1. The highest BCUT2D eigenvalue weighted by molar-refractivity contribution is 5.77. The molecule has 0 radical (unpaired) electrons. The van der Waals surface area contributed by atoms with Crippen LogP contribution in [-0.4, -0.2) is 14.5 Å². The van der Waals surface area contributed by atoms with Gasteiger partial charge in [0, 0.05) is 6.20 Å². The van der Waals surface area contributed by atoms with E-state index >= 15 is 0 Å². The topological polar surface area (TPSA) is 56.7 Å². The number of anilines is 1. The lowest BCUT2D eigenvalue weighted by atomic mass is 10.2. The molecule has 0 fully saturated rings. The van der Waals surface area contributed by atoms with Crippen molar-refractivity contribution >= 4 is 17.1 Å². The molecule has 0 aliphatic rings. The first-order valence-electron chi connectivity index (χ1n) is 5.93. The van der Waals surface area contributed by atoms with Crippen LogP contribution in [0.2, 0.25) is 0 Å². The molecule has 0 bridgehead atoms. The Labute approximate surface area is 109 Å². The summed E-state index contributed by atoms with van der Waals surface area (Å²) in [7, 11) is 0. The number of fused-ring (bicyclic) bond motifs is 1. The van der Waals surface area contributed by atoms with Crippen molar-refractivity contribution in [3.63, 3.8) is 0 Å². The van der Waals surface area contributed by atoms with Crippen LogP contribution in [0.1, 0.15) is 11.1 Å². The predicted molar refractivity (Wildman–Crippen MR) is 72.7 cm³/mol. The average Bonchev–Trinajstić information content (AvgIpc) is 2.68. The zero-order chi connectivity index (χ0) is 13.6. The van der Waals surface area contributed by atoms with E-state index in [9.17, 15) is 4.39 Å². The number of aromatic nitrogens is 3. The van der Waals surface area contributed by atoms with Gasteiger partial charge in [-0.25, -0.2) is 14.4 Å². The van der Waals surface area contributed by atoms with E-state index in [-0.39, 0.29) is 5.82 Å². The highest BCUT2D eigenvalue weighted by Gasteiger charge is 2.12. The Morgan fingerprint density at radius 3 is 2.74 bits per heavy atom. The van der Waals surface area contributed by atoms with Crippen LogP contribution in [0.5, 0.6) is 0 Å². The van der Waals surface area contributed by atoms with Crippen molar-refractivity contribution in [2.45, 2.75) is 13.8 Å². The minimum absolute atomic E-state index is 0.272. The van der Waals surface area contributed by atoms with E-state index in [4.69, 9.17) is 5.73 Å². The van der Waals surface area contributed by atoms with Crippen LogP contribution in [0.15, 0.2) is 30.5 Å². The molecule has 2 N–H and O–H groups in total. The molecule has 0 aliphatic carbocycles. The number of nitrogens with two attached hydrogens (primary N) is 1. The number of benzene rings is 1. The normalized spacial score (nSPS) is 11.1. The lowest BCUT2D eigenvalue weighted by Crippen LogP contribution is -2.02. The summed E-state index contributed by atoms with van der Waals surface area (Å²) in [5.41, 5.74) is 9.48. The number of hydrogen-bond donors (Lipinski definition) is 1. The first-order chi connectivity index (χ1) is 9.06. The maximum atomic E-state index is 13.7. The molecule has 2 heterocycles. The molecule has 0 atom stereocenters. The van der Waals surface area contributed by atoms with Crippen molar-refractivity contribution in [3.8, 4) is 5.69 Å². The van der Waals surface area contributed by atoms with Gasteiger partial charge < -0.3 is 5.73 Å². The molecule has 0 aliphatic heterocycles. The van der Waals surface area contributed by atoms with Gasteiger partial charge in [-0.1, -0.05) is 6.07 Å². The fourth-order valence-corrected chi connectivity index (χ4v) is 2.06. The number of aryl methyl sites for hydroxylation is 2. The van der Waals surface area contributed by atoms with E-state index < -0.39 is 0 Å². The summed E-state index contributed by atoms with van der Waals surface area (Å²) in [5, 5.41) is 0. The van der Waals surface area contributed by atoms with E-state index in [1.165, 1.54) is 6.07 Å². The Morgan fingerprint density at radius 1 is 1.21 bits per heavy atom. The Bertz CT molecular complexity index is 776. The highest BCUT2D eigenvalue weighted by atomic mass is 19.1. The Kier molecular flexibility index (Phi) is 2.48. The number of imidazole rings is 1. The number of hydrogen-bond acceptors (Lipinski definition) is 3. The summed E-state index contributed by atoms with van der Waals surface area (Å²) in [6.45, 7) is 3.66. The third-order valence-electron chi connectivity index (χ3n) is 3.07. The first-order valence-corrected chi connectivity index (χ1v) is 5.93. The second-order valence-corrected chi connectivity index (χ2v) is 4.59. The zero-order valence-electron chi connectivity index (χ0n) is 10.7. The van der Waals surface area contributed by atoms with Gasteiger partial charge in [0.1, 0.15) is 11.3 Å². The molecule has 0 amide bonds. The van der Waals surface area contributed by atoms with Gasteiger partial charge in [0.2, 0.25) is 5.95 Å². The lowest BCUT2D eigenvalue weighted by molar-refractivity contribution is 0.617. The fourth-order valence-electron chi connectivity index (χ4n) is 2.06. The molecule has 3 aromatic rings. The number of nitrogen functional groups attached to an aromatic ring is 1. The Hall–Kier alpha value is -2.43. The van der Waals surface area contributed by atoms with Gasteiger partial charge in [0.05, 0.1) is 5.69 Å². The smallest absolute Gasteiger partial charge is 0.207 e. The molecule has 0 spiro atoms. The average molecular weight is 256 g/mol. The maximum Gasteiger partial charge on any atom is 0.207 e. The fraction of sp³-hybridized carbons (Fsp3) is 0.143. The number of rotatable bonds is 1. The molecule has 0 saturated heterocycles. The zero-order valence-corrected chi connectivity index (χ0v) is 10.7. The van der Waals surface area contributed by atoms with Crippen LogP contribution < -0.4 is 5.73 Å². The predicted octanol–water partition coefficient (Wildman–Crippen LogP) is 2.76. The Morgan fingerprint density at radius 2 is 2.00 bits per heavy atom. The van der Waals surface area contributed by atoms with Crippen molar-refractivity contribution in [1.29, 1.82) is 0 Å². The molecule has 19 heavy (non-hydrogen) atoms. The maximum absolute atomic E-state index is 13.7. The van der Waals surface area contributed by atoms with Crippen molar-refractivity contribution in [3.05, 3.63) is 47.4 Å². The van der Waals surface area contributed by atoms with Crippen molar-refractivity contribution in [2.24, 2.45) is 0 Å². The number of pyridine rings is 1. The van der Waals surface area contributed by atoms with Crippen LogP contribution in [0, 0.1) is 19.7 Å². The molecule has 96 valence electrons. The monoisotopic (exact) mass is 256 g/mol. The van der Waals surface area contributed by atoms with E-state index in [0.29, 0.717) is 28.4 Å². The standard InChI is InChI=1S/C14H13FN4/c1-8-5-12-13(17-7-8)19(14(16)18-12)10-4-3-9(2)11(15)6-10/h3-7H,1-2H3,(H2,16,18). The van der Waals surface area contributed by atoms with E-state index in [2.05, 4.69) is 9.97 Å². The Balaban J connectivity index is 2.29. The summed E-state index contributed by atoms with van der Waals surface area (Å²) in [5.74, 6) is 0.0298. The largest absolute Gasteiger partial charge is 0.369 e. The van der Waals surface area contributed by atoms with Gasteiger partial charge in [0.15, 0.2) is 5.65 Å². The van der Waals surface area contributed by atoms with Crippen LogP contribution in [0.3, 0.4) is 0 Å². The van der Waals surface area contributed by atoms with Crippen LogP contribution in [0.25, 0.3) is 16.9 Å². The van der Waals surface area contributed by atoms with Gasteiger partial charge in [-0.3, -0.25) is 4.57 Å². The second-order valence-electron chi connectivity index (χ2n) is 4.59. The molecule has 4 nitrogen and oxygen atoms in total. The molecular formula is C14H13FN4. The second kappa shape index (κ2) is 4.05. The van der Waals surface area contributed by atoms with Crippen molar-refractivity contribution < 1.29 is 4.39 Å². The first kappa shape index (κ1) is 11.6. The quantitative estimate of drug-likeness (QED) is 0.728. The summed E-state index contributed by atoms with van der Waals surface area (Å²) in [4.78, 5) is 8.59. The minimum atomic E-state index is -0.272. The molecule has 3 rings (SSSR count).